The molecule has 0 saturated heterocycles. The molecule has 0 aromatic carbocycles. The lowest BCUT2D eigenvalue weighted by Crippen LogP contribution is -2.32. The fourth-order valence-corrected chi connectivity index (χ4v) is 2.68. The van der Waals surface area contributed by atoms with Gasteiger partial charge in [-0.05, 0) is 43.4 Å². The zero-order chi connectivity index (χ0) is 12.7. The SMILES string of the molecule is COCCOCCC1CC(C(C)C)CCC1O. The second-order valence-electron chi connectivity index (χ2n) is 5.54. The Bertz CT molecular complexity index is 194. The van der Waals surface area contributed by atoms with Crippen molar-refractivity contribution in [1.82, 2.24) is 0 Å². The molecular formula is C14H28O3. The lowest BCUT2D eigenvalue weighted by Gasteiger charge is -2.35. The van der Waals surface area contributed by atoms with Crippen LogP contribution in [-0.4, -0.2) is 38.1 Å². The molecule has 1 aliphatic rings. The minimum atomic E-state index is -0.115. The highest BCUT2D eigenvalue weighted by Gasteiger charge is 2.30. The van der Waals surface area contributed by atoms with Crippen molar-refractivity contribution in [2.24, 2.45) is 17.8 Å². The highest BCUT2D eigenvalue weighted by atomic mass is 16.5. The molecule has 3 heteroatoms. The van der Waals surface area contributed by atoms with E-state index in [4.69, 9.17) is 9.47 Å². The van der Waals surface area contributed by atoms with Gasteiger partial charge in [0.25, 0.3) is 0 Å². The summed E-state index contributed by atoms with van der Waals surface area (Å²) < 4.78 is 10.4. The molecule has 1 N–H and O–H groups in total. The second kappa shape index (κ2) is 8.06. The fraction of sp³-hybridized carbons (Fsp3) is 1.00. The maximum atomic E-state index is 9.99. The summed E-state index contributed by atoms with van der Waals surface area (Å²) in [5.41, 5.74) is 0. The van der Waals surface area contributed by atoms with E-state index in [0.717, 1.165) is 37.7 Å². The molecule has 3 unspecified atom stereocenters. The van der Waals surface area contributed by atoms with Gasteiger partial charge in [0.15, 0.2) is 0 Å². The molecule has 0 heterocycles. The van der Waals surface area contributed by atoms with Crippen LogP contribution < -0.4 is 0 Å². The van der Waals surface area contributed by atoms with E-state index in [1.807, 2.05) is 0 Å². The van der Waals surface area contributed by atoms with Crippen molar-refractivity contribution in [3.8, 4) is 0 Å². The Morgan fingerprint density at radius 1 is 1.18 bits per heavy atom. The summed E-state index contributed by atoms with van der Waals surface area (Å²) in [4.78, 5) is 0. The van der Waals surface area contributed by atoms with E-state index in [9.17, 15) is 5.11 Å². The molecule has 3 nitrogen and oxygen atoms in total. The van der Waals surface area contributed by atoms with Crippen molar-refractivity contribution in [1.29, 1.82) is 0 Å². The molecule has 1 fully saturated rings. The largest absolute Gasteiger partial charge is 0.393 e. The third-order valence-corrected chi connectivity index (χ3v) is 3.99. The van der Waals surface area contributed by atoms with Crippen LogP contribution in [0.25, 0.3) is 0 Å². The quantitative estimate of drug-likeness (QED) is 0.699. The van der Waals surface area contributed by atoms with E-state index in [0.29, 0.717) is 19.1 Å². The average molecular weight is 244 g/mol. The molecule has 1 saturated carbocycles. The fourth-order valence-electron chi connectivity index (χ4n) is 2.68. The first-order valence-electron chi connectivity index (χ1n) is 6.90. The van der Waals surface area contributed by atoms with E-state index in [-0.39, 0.29) is 6.10 Å². The van der Waals surface area contributed by atoms with Crippen LogP contribution in [0.2, 0.25) is 0 Å². The van der Waals surface area contributed by atoms with Crippen molar-refractivity contribution in [2.45, 2.75) is 45.6 Å². The number of aliphatic hydroxyl groups excluding tert-OH is 1. The van der Waals surface area contributed by atoms with Crippen LogP contribution >= 0.6 is 0 Å². The molecule has 0 aromatic rings. The summed E-state index contributed by atoms with van der Waals surface area (Å²) in [5.74, 6) is 1.94. The monoisotopic (exact) mass is 244 g/mol. The molecule has 17 heavy (non-hydrogen) atoms. The number of hydrogen-bond acceptors (Lipinski definition) is 3. The zero-order valence-corrected chi connectivity index (χ0v) is 11.5. The van der Waals surface area contributed by atoms with Gasteiger partial charge >= 0.3 is 0 Å². The number of methoxy groups -OCH3 is 1. The van der Waals surface area contributed by atoms with Crippen molar-refractivity contribution < 1.29 is 14.6 Å². The van der Waals surface area contributed by atoms with Gasteiger partial charge in [0.05, 0.1) is 19.3 Å². The maximum absolute atomic E-state index is 9.99. The molecule has 0 aliphatic heterocycles. The third-order valence-electron chi connectivity index (χ3n) is 3.99. The number of ether oxygens (including phenoxy) is 2. The van der Waals surface area contributed by atoms with Crippen molar-refractivity contribution in [3.63, 3.8) is 0 Å². The van der Waals surface area contributed by atoms with Gasteiger partial charge in [-0.25, -0.2) is 0 Å². The smallest absolute Gasteiger partial charge is 0.0700 e. The van der Waals surface area contributed by atoms with Gasteiger partial charge in [-0.3, -0.25) is 0 Å². The number of rotatable bonds is 7. The first-order valence-corrected chi connectivity index (χ1v) is 6.90. The van der Waals surface area contributed by atoms with E-state index >= 15 is 0 Å². The van der Waals surface area contributed by atoms with Gasteiger partial charge in [0, 0.05) is 13.7 Å². The highest BCUT2D eigenvalue weighted by molar-refractivity contribution is 4.81. The summed E-state index contributed by atoms with van der Waals surface area (Å²) in [5, 5.41) is 9.99. The Hall–Kier alpha value is -0.120. The third kappa shape index (κ3) is 5.36. The topological polar surface area (TPSA) is 38.7 Å². The summed E-state index contributed by atoms with van der Waals surface area (Å²) in [7, 11) is 1.68. The predicted molar refractivity (Wildman–Crippen MR) is 69.0 cm³/mol. The molecule has 1 aliphatic carbocycles. The molecule has 1 rings (SSSR count). The minimum absolute atomic E-state index is 0.115. The standard InChI is InChI=1S/C14H28O3/c1-11(2)12-4-5-14(15)13(10-12)6-7-17-9-8-16-3/h11-15H,4-10H2,1-3H3. The molecule has 0 bridgehead atoms. The van der Waals surface area contributed by atoms with Crippen LogP contribution in [0.3, 0.4) is 0 Å². The molecule has 0 spiro atoms. The summed E-state index contributed by atoms with van der Waals surface area (Å²) in [6, 6.07) is 0. The molecule has 3 atom stereocenters. The Labute approximate surface area is 105 Å². The lowest BCUT2D eigenvalue weighted by molar-refractivity contribution is 0.00817. The first-order chi connectivity index (χ1) is 8.15. The van der Waals surface area contributed by atoms with Crippen LogP contribution in [0.5, 0.6) is 0 Å². The van der Waals surface area contributed by atoms with Gasteiger partial charge in [-0.2, -0.15) is 0 Å². The summed E-state index contributed by atoms with van der Waals surface area (Å²) in [6.45, 7) is 6.63. The van der Waals surface area contributed by atoms with Gasteiger partial charge in [0.2, 0.25) is 0 Å². The lowest BCUT2D eigenvalue weighted by atomic mass is 9.74. The van der Waals surface area contributed by atoms with Crippen LogP contribution in [0.4, 0.5) is 0 Å². The van der Waals surface area contributed by atoms with Gasteiger partial charge in [-0.1, -0.05) is 13.8 Å². The second-order valence-corrected chi connectivity index (χ2v) is 5.54. The molecule has 0 radical (unpaired) electrons. The predicted octanol–water partition coefficient (Wildman–Crippen LogP) is 2.47. The van der Waals surface area contributed by atoms with Crippen molar-refractivity contribution in [2.75, 3.05) is 26.9 Å². The van der Waals surface area contributed by atoms with Crippen molar-refractivity contribution in [3.05, 3.63) is 0 Å². The van der Waals surface area contributed by atoms with E-state index in [2.05, 4.69) is 13.8 Å². The zero-order valence-electron chi connectivity index (χ0n) is 11.5. The van der Waals surface area contributed by atoms with E-state index in [1.165, 1.54) is 6.42 Å². The molecule has 0 aromatic heterocycles. The Balaban J connectivity index is 2.20. The molecule has 102 valence electrons. The maximum Gasteiger partial charge on any atom is 0.0700 e. The Morgan fingerprint density at radius 3 is 2.59 bits per heavy atom. The van der Waals surface area contributed by atoms with Gasteiger partial charge < -0.3 is 14.6 Å². The van der Waals surface area contributed by atoms with Gasteiger partial charge in [0.1, 0.15) is 0 Å². The van der Waals surface area contributed by atoms with Crippen molar-refractivity contribution >= 4 is 0 Å². The Kier molecular flexibility index (Phi) is 7.09. The van der Waals surface area contributed by atoms with Gasteiger partial charge in [-0.15, -0.1) is 0 Å². The highest BCUT2D eigenvalue weighted by Crippen LogP contribution is 2.35. The molecule has 0 amide bonds. The van der Waals surface area contributed by atoms with Crippen LogP contribution in [-0.2, 0) is 9.47 Å². The first kappa shape index (κ1) is 14.9. The summed E-state index contributed by atoms with van der Waals surface area (Å²) >= 11 is 0. The van der Waals surface area contributed by atoms with E-state index < -0.39 is 0 Å². The van der Waals surface area contributed by atoms with Crippen LogP contribution in [0.1, 0.15) is 39.5 Å². The summed E-state index contributed by atoms with van der Waals surface area (Å²) in [6.07, 6.45) is 4.17. The van der Waals surface area contributed by atoms with Crippen LogP contribution in [0, 0.1) is 17.8 Å². The van der Waals surface area contributed by atoms with E-state index in [1.54, 1.807) is 7.11 Å². The minimum Gasteiger partial charge on any atom is -0.393 e. The number of aliphatic hydroxyl groups is 1. The number of hydrogen-bond donors (Lipinski definition) is 1. The normalized spacial score (nSPS) is 29.8. The Morgan fingerprint density at radius 2 is 1.94 bits per heavy atom. The molecular weight excluding hydrogens is 216 g/mol. The van der Waals surface area contributed by atoms with Crippen LogP contribution in [0.15, 0.2) is 0 Å². The average Bonchev–Trinajstić information content (AvgIpc) is 2.30.